The average Bonchev–Trinajstić information content (AvgIpc) is 2.83. The second kappa shape index (κ2) is 5.23. The van der Waals surface area contributed by atoms with E-state index in [0.29, 0.717) is 5.69 Å². The molecule has 2 heterocycles. The lowest BCUT2D eigenvalue weighted by Crippen LogP contribution is -2.40. The minimum Gasteiger partial charge on any atom is -0.480 e. The first kappa shape index (κ1) is 13.3. The Labute approximate surface area is 110 Å². The van der Waals surface area contributed by atoms with Crippen LogP contribution in [0.3, 0.4) is 0 Å². The lowest BCUT2D eigenvalue weighted by atomic mass is 10.2. The summed E-state index contributed by atoms with van der Waals surface area (Å²) in [6.07, 6.45) is 1.39. The second-order valence-electron chi connectivity index (χ2n) is 4.38. The van der Waals surface area contributed by atoms with E-state index in [9.17, 15) is 9.59 Å². The minimum atomic E-state index is -1.04. The summed E-state index contributed by atoms with van der Waals surface area (Å²) >= 11 is 0. The second-order valence-corrected chi connectivity index (χ2v) is 4.38. The molecule has 1 fully saturated rings. The predicted octanol–water partition coefficient (Wildman–Crippen LogP) is -0.0221. The Hall–Kier alpha value is -2.15. The summed E-state index contributed by atoms with van der Waals surface area (Å²) < 4.78 is 5.13. The number of nitrogen functional groups attached to an aromatic ring is 1. The normalized spacial score (nSPS) is 22.5. The fourth-order valence-electron chi connectivity index (χ4n) is 2.11. The molecule has 0 aliphatic carbocycles. The molecule has 0 aromatic carbocycles. The third-order valence-corrected chi connectivity index (χ3v) is 3.15. The molecule has 2 atom stereocenters. The summed E-state index contributed by atoms with van der Waals surface area (Å²) in [5, 5.41) is 9.15. The number of nitrogens with zero attached hydrogens (tertiary/aromatic N) is 2. The Kier molecular flexibility index (Phi) is 3.66. The molecule has 102 valence electrons. The Morgan fingerprint density at radius 2 is 2.26 bits per heavy atom. The molecule has 0 radical (unpaired) electrons. The van der Waals surface area contributed by atoms with Crippen LogP contribution >= 0.6 is 0 Å². The molecule has 7 nitrogen and oxygen atoms in total. The van der Waals surface area contributed by atoms with Crippen LogP contribution in [0.2, 0.25) is 0 Å². The lowest BCUT2D eigenvalue weighted by molar-refractivity contribution is -0.141. The molecule has 1 aliphatic rings. The molecule has 1 saturated heterocycles. The molecule has 7 heteroatoms. The Balaban J connectivity index is 2.21. The van der Waals surface area contributed by atoms with Gasteiger partial charge in [0.05, 0.1) is 18.0 Å². The van der Waals surface area contributed by atoms with E-state index in [0.717, 1.165) is 0 Å². The number of carbonyl (C=O) groups excluding carboxylic acids is 1. The van der Waals surface area contributed by atoms with Gasteiger partial charge in [0.2, 0.25) is 0 Å². The number of carbonyl (C=O) groups is 2. The van der Waals surface area contributed by atoms with Crippen molar-refractivity contribution in [1.82, 2.24) is 9.88 Å². The fraction of sp³-hybridized carbons (Fsp3) is 0.417. The van der Waals surface area contributed by atoms with Crippen molar-refractivity contribution < 1.29 is 19.4 Å². The van der Waals surface area contributed by atoms with Gasteiger partial charge in [0.1, 0.15) is 11.7 Å². The highest BCUT2D eigenvalue weighted by molar-refractivity contribution is 5.95. The zero-order valence-electron chi connectivity index (χ0n) is 10.4. The number of rotatable bonds is 3. The summed E-state index contributed by atoms with van der Waals surface area (Å²) in [5.41, 5.74) is 6.12. The van der Waals surface area contributed by atoms with Gasteiger partial charge in [-0.1, -0.05) is 0 Å². The number of carboxylic acids is 1. The number of ether oxygens (including phenoxy) is 1. The van der Waals surface area contributed by atoms with E-state index in [1.54, 1.807) is 6.07 Å². The van der Waals surface area contributed by atoms with E-state index in [-0.39, 0.29) is 24.8 Å². The summed E-state index contributed by atoms with van der Waals surface area (Å²) in [7, 11) is 1.50. The van der Waals surface area contributed by atoms with Crippen LogP contribution < -0.4 is 5.73 Å². The monoisotopic (exact) mass is 265 g/mol. The number of hydrogen-bond acceptors (Lipinski definition) is 5. The van der Waals surface area contributed by atoms with Crippen molar-refractivity contribution in [2.75, 3.05) is 19.4 Å². The van der Waals surface area contributed by atoms with Gasteiger partial charge in [0.15, 0.2) is 0 Å². The van der Waals surface area contributed by atoms with Gasteiger partial charge in [-0.25, -0.2) is 9.78 Å². The van der Waals surface area contributed by atoms with Gasteiger partial charge < -0.3 is 20.5 Å². The molecule has 2 rings (SSSR count). The Morgan fingerprint density at radius 3 is 2.79 bits per heavy atom. The lowest BCUT2D eigenvalue weighted by Gasteiger charge is -2.20. The number of hydrogen-bond donors (Lipinski definition) is 2. The first-order chi connectivity index (χ1) is 9.02. The maximum atomic E-state index is 12.2. The highest BCUT2D eigenvalue weighted by atomic mass is 16.5. The molecule has 1 aromatic heterocycles. The van der Waals surface area contributed by atoms with Gasteiger partial charge in [-0.05, 0) is 12.1 Å². The predicted molar refractivity (Wildman–Crippen MR) is 66.5 cm³/mol. The molecule has 1 aromatic rings. The van der Waals surface area contributed by atoms with Crippen LogP contribution in [0.25, 0.3) is 0 Å². The van der Waals surface area contributed by atoms with Gasteiger partial charge >= 0.3 is 5.97 Å². The van der Waals surface area contributed by atoms with Gasteiger partial charge in [0, 0.05) is 20.1 Å². The standard InChI is InChI=1S/C12H15N3O4/c1-19-8-4-10(12(17)18)15(6-8)11(16)9-3-2-7(13)5-14-9/h2-3,5,8,10H,4,6,13H2,1H3,(H,17,18). The molecule has 1 aliphatic heterocycles. The van der Waals surface area contributed by atoms with Gasteiger partial charge in [-0.2, -0.15) is 0 Å². The average molecular weight is 265 g/mol. The molecule has 0 saturated carbocycles. The number of carboxylic acid groups (broad SMARTS) is 1. The van der Waals surface area contributed by atoms with Gasteiger partial charge in [0.25, 0.3) is 5.91 Å². The molecular formula is C12H15N3O4. The number of amides is 1. The van der Waals surface area contributed by atoms with E-state index in [1.165, 1.54) is 24.3 Å². The number of nitrogens with two attached hydrogens (primary N) is 1. The Morgan fingerprint density at radius 1 is 1.53 bits per heavy atom. The third-order valence-electron chi connectivity index (χ3n) is 3.15. The number of pyridine rings is 1. The van der Waals surface area contributed by atoms with E-state index in [4.69, 9.17) is 15.6 Å². The largest absolute Gasteiger partial charge is 0.480 e. The first-order valence-corrected chi connectivity index (χ1v) is 5.81. The highest BCUT2D eigenvalue weighted by Crippen LogP contribution is 2.22. The maximum absolute atomic E-state index is 12.2. The highest BCUT2D eigenvalue weighted by Gasteiger charge is 2.40. The molecule has 19 heavy (non-hydrogen) atoms. The zero-order chi connectivity index (χ0) is 14.0. The van der Waals surface area contributed by atoms with Crippen molar-refractivity contribution in [2.45, 2.75) is 18.6 Å². The van der Waals surface area contributed by atoms with Crippen LogP contribution in [0.15, 0.2) is 18.3 Å². The summed E-state index contributed by atoms with van der Waals surface area (Å²) in [5.74, 6) is -1.46. The topological polar surface area (TPSA) is 106 Å². The third kappa shape index (κ3) is 2.65. The molecule has 3 N–H and O–H groups in total. The van der Waals surface area contributed by atoms with Crippen LogP contribution in [0.4, 0.5) is 5.69 Å². The van der Waals surface area contributed by atoms with Crippen molar-refractivity contribution >= 4 is 17.6 Å². The maximum Gasteiger partial charge on any atom is 0.326 e. The zero-order valence-corrected chi connectivity index (χ0v) is 10.4. The van der Waals surface area contributed by atoms with Crippen LogP contribution in [0.5, 0.6) is 0 Å². The SMILES string of the molecule is COC1CC(C(=O)O)N(C(=O)c2ccc(N)cn2)C1. The number of methoxy groups -OCH3 is 1. The molecule has 0 bridgehead atoms. The van der Waals surface area contributed by atoms with E-state index in [2.05, 4.69) is 4.98 Å². The van der Waals surface area contributed by atoms with Crippen molar-refractivity contribution in [3.8, 4) is 0 Å². The molecular weight excluding hydrogens is 250 g/mol. The number of aliphatic carboxylic acids is 1. The van der Waals surface area contributed by atoms with Crippen molar-refractivity contribution in [3.05, 3.63) is 24.0 Å². The van der Waals surface area contributed by atoms with Crippen LogP contribution in [-0.2, 0) is 9.53 Å². The van der Waals surface area contributed by atoms with Crippen molar-refractivity contribution in [3.63, 3.8) is 0 Å². The minimum absolute atomic E-state index is 0.178. The van der Waals surface area contributed by atoms with Crippen LogP contribution in [-0.4, -0.2) is 52.7 Å². The summed E-state index contributed by atoms with van der Waals surface area (Å²) in [6.45, 7) is 0.248. The fourth-order valence-corrected chi connectivity index (χ4v) is 2.11. The van der Waals surface area contributed by atoms with Crippen molar-refractivity contribution in [1.29, 1.82) is 0 Å². The number of aromatic nitrogens is 1. The van der Waals surface area contributed by atoms with Gasteiger partial charge in [-0.3, -0.25) is 4.79 Å². The smallest absolute Gasteiger partial charge is 0.326 e. The quantitative estimate of drug-likeness (QED) is 0.795. The molecule has 1 amide bonds. The van der Waals surface area contributed by atoms with Gasteiger partial charge in [-0.15, -0.1) is 0 Å². The van der Waals surface area contributed by atoms with E-state index >= 15 is 0 Å². The summed E-state index contributed by atoms with van der Waals surface area (Å²) in [6, 6.07) is 2.16. The molecule has 0 spiro atoms. The van der Waals surface area contributed by atoms with Crippen LogP contribution in [0, 0.1) is 0 Å². The first-order valence-electron chi connectivity index (χ1n) is 5.81. The van der Waals surface area contributed by atoms with Crippen molar-refractivity contribution in [2.24, 2.45) is 0 Å². The van der Waals surface area contributed by atoms with Crippen LogP contribution in [0.1, 0.15) is 16.9 Å². The number of likely N-dealkylation sites (tertiary alicyclic amines) is 1. The van der Waals surface area contributed by atoms with E-state index in [1.807, 2.05) is 0 Å². The van der Waals surface area contributed by atoms with E-state index < -0.39 is 17.9 Å². The number of anilines is 1. The molecule has 2 unspecified atom stereocenters. The Bertz CT molecular complexity index is 488. The summed E-state index contributed by atoms with van der Waals surface area (Å²) in [4.78, 5) is 28.6.